The molecule has 13 heavy (non-hydrogen) atoms. The Morgan fingerprint density at radius 1 is 1.08 bits per heavy atom. The van der Waals surface area contributed by atoms with E-state index in [1.807, 2.05) is 30.6 Å². The summed E-state index contributed by atoms with van der Waals surface area (Å²) in [5, 5.41) is 3.03. The van der Waals surface area contributed by atoms with Gasteiger partial charge in [0.25, 0.3) is 0 Å². The fraction of sp³-hybridized carbons (Fsp3) is 0. The largest absolute Gasteiger partial charge is 0.368 e. The van der Waals surface area contributed by atoms with Gasteiger partial charge in [0.05, 0.1) is 0 Å². The fourth-order valence-corrected chi connectivity index (χ4v) is 1.23. The fourth-order valence-electron chi connectivity index (χ4n) is 1.23. The average Bonchev–Trinajstić information content (AvgIpc) is 2.47. The molecule has 1 heteroatoms. The maximum absolute atomic E-state index is 3.03. The molecule has 1 radical (unpaired) electrons. The second-order valence-corrected chi connectivity index (χ2v) is 2.77. The summed E-state index contributed by atoms with van der Waals surface area (Å²) in [5.74, 6) is 0. The molecule has 0 saturated carbocycles. The van der Waals surface area contributed by atoms with Crippen molar-refractivity contribution in [3.8, 4) is 0 Å². The lowest BCUT2D eigenvalue weighted by Crippen LogP contribution is -1.88. The number of benzene rings is 1. The summed E-state index contributed by atoms with van der Waals surface area (Å²) in [6.07, 6.45) is 9.94. The first-order valence-corrected chi connectivity index (χ1v) is 4.23. The van der Waals surface area contributed by atoms with E-state index in [1.54, 1.807) is 0 Å². The Balaban J connectivity index is 2.36. The second-order valence-electron chi connectivity index (χ2n) is 2.77. The minimum atomic E-state index is 1.20. The third kappa shape index (κ3) is 1.88. The molecular weight excluding hydrogens is 158 g/mol. The molecule has 1 heterocycles. The highest BCUT2D eigenvalue weighted by Gasteiger charge is 1.95. The summed E-state index contributed by atoms with van der Waals surface area (Å²) < 4.78 is 0. The predicted molar refractivity (Wildman–Crippen MR) is 54.7 cm³/mol. The highest BCUT2D eigenvalue weighted by molar-refractivity contribution is 5.75. The van der Waals surface area contributed by atoms with E-state index >= 15 is 0 Å². The van der Waals surface area contributed by atoms with Gasteiger partial charge in [-0.05, 0) is 29.4 Å². The van der Waals surface area contributed by atoms with Crippen LogP contribution in [0.15, 0.2) is 54.9 Å². The van der Waals surface area contributed by atoms with Gasteiger partial charge >= 0.3 is 0 Å². The molecule has 0 atom stereocenters. The maximum atomic E-state index is 3.03. The molecule has 0 fully saturated rings. The first-order chi connectivity index (χ1) is 6.47. The molecule has 0 aromatic heterocycles. The van der Waals surface area contributed by atoms with E-state index in [4.69, 9.17) is 0 Å². The van der Waals surface area contributed by atoms with Crippen molar-refractivity contribution < 1.29 is 0 Å². The van der Waals surface area contributed by atoms with E-state index in [2.05, 4.69) is 35.7 Å². The zero-order valence-corrected chi connectivity index (χ0v) is 7.20. The van der Waals surface area contributed by atoms with Crippen LogP contribution in [0.4, 0.5) is 0 Å². The van der Waals surface area contributed by atoms with Gasteiger partial charge in [0.1, 0.15) is 0 Å². The van der Waals surface area contributed by atoms with Crippen LogP contribution in [0.2, 0.25) is 0 Å². The van der Waals surface area contributed by atoms with Crippen LogP contribution < -0.4 is 5.32 Å². The van der Waals surface area contributed by atoms with Gasteiger partial charge < -0.3 is 5.32 Å². The van der Waals surface area contributed by atoms with Crippen molar-refractivity contribution in [2.45, 2.75) is 0 Å². The second kappa shape index (κ2) is 3.76. The van der Waals surface area contributed by atoms with Gasteiger partial charge in [0, 0.05) is 12.4 Å². The van der Waals surface area contributed by atoms with Crippen molar-refractivity contribution in [2.24, 2.45) is 0 Å². The van der Waals surface area contributed by atoms with E-state index in [-0.39, 0.29) is 0 Å². The van der Waals surface area contributed by atoms with Crippen LogP contribution in [0.5, 0.6) is 0 Å². The van der Waals surface area contributed by atoms with Crippen LogP contribution in [0.3, 0.4) is 0 Å². The van der Waals surface area contributed by atoms with Gasteiger partial charge in [-0.3, -0.25) is 0 Å². The maximum Gasteiger partial charge on any atom is 0.00106 e. The first kappa shape index (κ1) is 7.87. The number of hydrogen-bond donors (Lipinski definition) is 1. The molecule has 2 rings (SSSR count). The SMILES string of the molecule is [c]1ccc(C2=CC=CNC=C2)cc1. The number of hydrogen-bond acceptors (Lipinski definition) is 1. The summed E-state index contributed by atoms with van der Waals surface area (Å²) in [4.78, 5) is 0. The third-order valence-electron chi connectivity index (χ3n) is 1.88. The molecule has 1 nitrogen and oxygen atoms in total. The molecule has 0 amide bonds. The zero-order valence-electron chi connectivity index (χ0n) is 7.20. The van der Waals surface area contributed by atoms with Gasteiger partial charge in [-0.15, -0.1) is 0 Å². The zero-order chi connectivity index (χ0) is 8.93. The van der Waals surface area contributed by atoms with Crippen LogP contribution in [0.1, 0.15) is 5.56 Å². The van der Waals surface area contributed by atoms with E-state index < -0.39 is 0 Å². The number of nitrogens with one attached hydrogen (secondary N) is 1. The van der Waals surface area contributed by atoms with E-state index in [0.717, 1.165) is 0 Å². The predicted octanol–water partition coefficient (Wildman–Crippen LogP) is 2.50. The Bertz CT molecular complexity index is 358. The molecule has 0 bridgehead atoms. The van der Waals surface area contributed by atoms with Crippen molar-refractivity contribution in [3.63, 3.8) is 0 Å². The highest BCUT2D eigenvalue weighted by atomic mass is 14.8. The molecule has 0 unspecified atom stereocenters. The van der Waals surface area contributed by atoms with Gasteiger partial charge in [-0.2, -0.15) is 0 Å². The molecular formula is C12H10N. The molecule has 1 N–H and O–H groups in total. The monoisotopic (exact) mass is 168 g/mol. The van der Waals surface area contributed by atoms with Crippen LogP contribution in [0, 0.1) is 6.07 Å². The molecule has 0 spiro atoms. The smallest absolute Gasteiger partial charge is 0.00106 e. The minimum Gasteiger partial charge on any atom is -0.368 e. The van der Waals surface area contributed by atoms with Crippen molar-refractivity contribution in [1.82, 2.24) is 5.32 Å². The lowest BCUT2D eigenvalue weighted by Gasteiger charge is -1.98. The van der Waals surface area contributed by atoms with Crippen molar-refractivity contribution >= 4 is 5.57 Å². The first-order valence-electron chi connectivity index (χ1n) is 4.23. The lowest BCUT2D eigenvalue weighted by molar-refractivity contribution is 1.20. The Kier molecular flexibility index (Phi) is 2.28. The molecule has 0 aliphatic carbocycles. The normalized spacial score (nSPS) is 14.6. The van der Waals surface area contributed by atoms with Crippen LogP contribution >= 0.6 is 0 Å². The van der Waals surface area contributed by atoms with Crippen molar-refractivity contribution in [1.29, 1.82) is 0 Å². The quantitative estimate of drug-likeness (QED) is 0.679. The summed E-state index contributed by atoms with van der Waals surface area (Å²) in [5.41, 5.74) is 2.42. The molecule has 1 aliphatic heterocycles. The van der Waals surface area contributed by atoms with Crippen molar-refractivity contribution in [2.75, 3.05) is 0 Å². The standard InChI is InChI=1S/C12H10N/c1-2-5-11(6-3-1)12-7-4-9-13-10-8-12/h2-10,13H. The van der Waals surface area contributed by atoms with Gasteiger partial charge in [0.2, 0.25) is 0 Å². The lowest BCUT2D eigenvalue weighted by atomic mass is 10.1. The van der Waals surface area contributed by atoms with E-state index in [0.29, 0.717) is 0 Å². The Hall–Kier alpha value is -1.76. The van der Waals surface area contributed by atoms with Crippen LogP contribution in [-0.2, 0) is 0 Å². The average molecular weight is 168 g/mol. The highest BCUT2D eigenvalue weighted by Crippen LogP contribution is 2.15. The van der Waals surface area contributed by atoms with E-state index in [9.17, 15) is 0 Å². The molecule has 0 saturated heterocycles. The number of rotatable bonds is 1. The molecule has 1 aliphatic rings. The summed E-state index contributed by atoms with van der Waals surface area (Å²) in [7, 11) is 0. The van der Waals surface area contributed by atoms with Crippen molar-refractivity contribution in [3.05, 3.63) is 66.5 Å². The topological polar surface area (TPSA) is 12.0 Å². The summed E-state index contributed by atoms with van der Waals surface area (Å²) in [6.45, 7) is 0. The Morgan fingerprint density at radius 2 is 1.92 bits per heavy atom. The van der Waals surface area contributed by atoms with E-state index in [1.165, 1.54) is 11.1 Å². The summed E-state index contributed by atoms with van der Waals surface area (Å²) in [6, 6.07) is 10.9. The summed E-state index contributed by atoms with van der Waals surface area (Å²) >= 11 is 0. The third-order valence-corrected chi connectivity index (χ3v) is 1.88. The Morgan fingerprint density at radius 3 is 2.77 bits per heavy atom. The molecule has 63 valence electrons. The Labute approximate surface area is 78.1 Å². The van der Waals surface area contributed by atoms with Gasteiger partial charge in [-0.1, -0.05) is 30.3 Å². The van der Waals surface area contributed by atoms with Crippen LogP contribution in [0.25, 0.3) is 5.57 Å². The van der Waals surface area contributed by atoms with Crippen LogP contribution in [-0.4, -0.2) is 0 Å². The minimum absolute atomic E-state index is 1.20. The van der Waals surface area contributed by atoms with Gasteiger partial charge in [-0.25, -0.2) is 0 Å². The molecule has 1 aromatic carbocycles. The molecule has 1 aromatic rings. The van der Waals surface area contributed by atoms with Gasteiger partial charge in [0.15, 0.2) is 0 Å². The number of allylic oxidation sites excluding steroid dienone is 4.